The number of hydrogen-bond donors (Lipinski definition) is 0. The highest BCUT2D eigenvalue weighted by molar-refractivity contribution is 8.13. The molecule has 0 amide bonds. The van der Waals surface area contributed by atoms with Crippen molar-refractivity contribution in [1.29, 1.82) is 5.26 Å². The maximum atomic E-state index is 10.6. The zero-order valence-electron chi connectivity index (χ0n) is 5.82. The standard InChI is InChI=1S/C6H4ClNO2S2/c7-12(9,10)4-6-1-5(2-8)3-11-6/h1,3H,4H2. The van der Waals surface area contributed by atoms with Crippen molar-refractivity contribution in [3.05, 3.63) is 21.9 Å². The van der Waals surface area contributed by atoms with E-state index < -0.39 is 9.05 Å². The van der Waals surface area contributed by atoms with Crippen LogP contribution in [0.3, 0.4) is 0 Å². The molecule has 1 rings (SSSR count). The lowest BCUT2D eigenvalue weighted by Crippen LogP contribution is -1.91. The van der Waals surface area contributed by atoms with Gasteiger partial charge in [0, 0.05) is 20.9 Å². The second kappa shape index (κ2) is 3.44. The molecule has 1 aromatic rings. The molecular weight excluding hydrogens is 218 g/mol. The Balaban J connectivity index is 2.87. The summed E-state index contributed by atoms with van der Waals surface area (Å²) in [6.07, 6.45) is 0. The van der Waals surface area contributed by atoms with Gasteiger partial charge in [-0.15, -0.1) is 11.3 Å². The summed E-state index contributed by atoms with van der Waals surface area (Å²) in [6.45, 7) is 0. The second-order valence-electron chi connectivity index (χ2n) is 2.10. The summed E-state index contributed by atoms with van der Waals surface area (Å²) in [7, 11) is 1.52. The normalized spacial score (nSPS) is 11.0. The molecule has 0 aromatic carbocycles. The number of nitriles is 1. The van der Waals surface area contributed by atoms with Gasteiger partial charge in [0.2, 0.25) is 9.05 Å². The first-order chi connectivity index (χ1) is 5.51. The van der Waals surface area contributed by atoms with Crippen molar-refractivity contribution in [3.8, 4) is 6.07 Å². The van der Waals surface area contributed by atoms with Gasteiger partial charge in [0.05, 0.1) is 11.3 Å². The first-order valence-corrected chi connectivity index (χ1v) is 6.27. The van der Waals surface area contributed by atoms with E-state index in [0.29, 0.717) is 10.4 Å². The zero-order valence-corrected chi connectivity index (χ0v) is 8.21. The molecular formula is C6H4ClNO2S2. The van der Waals surface area contributed by atoms with Crippen LogP contribution in [0.1, 0.15) is 10.4 Å². The van der Waals surface area contributed by atoms with Gasteiger partial charge in [-0.2, -0.15) is 5.26 Å². The van der Waals surface area contributed by atoms with Crippen LogP contribution in [-0.4, -0.2) is 8.42 Å². The third-order valence-corrected chi connectivity index (χ3v) is 3.20. The Hall–Kier alpha value is -0.570. The van der Waals surface area contributed by atoms with Crippen LogP contribution >= 0.6 is 22.0 Å². The van der Waals surface area contributed by atoms with E-state index in [1.54, 1.807) is 5.38 Å². The smallest absolute Gasteiger partial charge is 0.212 e. The van der Waals surface area contributed by atoms with Gasteiger partial charge in [0.1, 0.15) is 6.07 Å². The van der Waals surface area contributed by atoms with E-state index in [-0.39, 0.29) is 5.75 Å². The maximum Gasteiger partial charge on any atom is 0.237 e. The van der Waals surface area contributed by atoms with Crippen LogP contribution in [-0.2, 0) is 14.8 Å². The summed E-state index contributed by atoms with van der Waals surface area (Å²) in [5, 5.41) is 10.0. The molecule has 12 heavy (non-hydrogen) atoms. The molecule has 0 saturated carbocycles. The summed E-state index contributed by atoms with van der Waals surface area (Å²) in [6, 6.07) is 3.42. The molecule has 0 radical (unpaired) electrons. The molecule has 6 heteroatoms. The van der Waals surface area contributed by atoms with Crippen LogP contribution < -0.4 is 0 Å². The zero-order chi connectivity index (χ0) is 9.19. The van der Waals surface area contributed by atoms with Gasteiger partial charge in [-0.05, 0) is 6.07 Å². The summed E-state index contributed by atoms with van der Waals surface area (Å²) in [5.41, 5.74) is 0.468. The number of rotatable bonds is 2. The highest BCUT2D eigenvalue weighted by Crippen LogP contribution is 2.18. The quantitative estimate of drug-likeness (QED) is 0.714. The highest BCUT2D eigenvalue weighted by atomic mass is 35.7. The predicted molar refractivity (Wildman–Crippen MR) is 47.5 cm³/mol. The molecule has 1 aromatic heterocycles. The first-order valence-electron chi connectivity index (χ1n) is 2.91. The van der Waals surface area contributed by atoms with Crippen molar-refractivity contribution < 1.29 is 8.42 Å². The highest BCUT2D eigenvalue weighted by Gasteiger charge is 2.08. The van der Waals surface area contributed by atoms with E-state index in [0.717, 1.165) is 0 Å². The van der Waals surface area contributed by atoms with Gasteiger partial charge in [0.15, 0.2) is 0 Å². The minimum Gasteiger partial charge on any atom is -0.212 e. The lowest BCUT2D eigenvalue weighted by molar-refractivity contribution is 0.609. The van der Waals surface area contributed by atoms with Crippen molar-refractivity contribution >= 4 is 31.1 Å². The van der Waals surface area contributed by atoms with E-state index in [2.05, 4.69) is 0 Å². The largest absolute Gasteiger partial charge is 0.237 e. The van der Waals surface area contributed by atoms with Gasteiger partial charge in [-0.1, -0.05) is 0 Å². The Morgan fingerprint density at radius 3 is 2.75 bits per heavy atom. The SMILES string of the molecule is N#Cc1csc(CS(=O)(=O)Cl)c1. The molecule has 0 spiro atoms. The van der Waals surface area contributed by atoms with Gasteiger partial charge in [-0.3, -0.25) is 0 Å². The topological polar surface area (TPSA) is 57.9 Å². The maximum absolute atomic E-state index is 10.6. The summed E-state index contributed by atoms with van der Waals surface area (Å²) in [4.78, 5) is 0.585. The van der Waals surface area contributed by atoms with Crippen molar-refractivity contribution in [2.75, 3.05) is 0 Å². The Morgan fingerprint density at radius 2 is 2.33 bits per heavy atom. The van der Waals surface area contributed by atoms with Crippen LogP contribution in [0, 0.1) is 11.3 Å². The summed E-state index contributed by atoms with van der Waals surface area (Å²) in [5.74, 6) is -0.207. The molecule has 0 atom stereocenters. The Morgan fingerprint density at radius 1 is 1.67 bits per heavy atom. The number of nitrogens with zero attached hydrogens (tertiary/aromatic N) is 1. The molecule has 0 unspecified atom stereocenters. The molecule has 0 fully saturated rings. The van der Waals surface area contributed by atoms with Crippen LogP contribution in [0.15, 0.2) is 11.4 Å². The molecule has 0 N–H and O–H groups in total. The van der Waals surface area contributed by atoms with Crippen LogP contribution in [0.25, 0.3) is 0 Å². The van der Waals surface area contributed by atoms with Gasteiger partial charge < -0.3 is 0 Å². The van der Waals surface area contributed by atoms with Gasteiger partial charge >= 0.3 is 0 Å². The number of halogens is 1. The van der Waals surface area contributed by atoms with E-state index in [9.17, 15) is 8.42 Å². The minimum absolute atomic E-state index is 0.207. The minimum atomic E-state index is -3.50. The van der Waals surface area contributed by atoms with Gasteiger partial charge in [-0.25, -0.2) is 8.42 Å². The van der Waals surface area contributed by atoms with Crippen molar-refractivity contribution in [3.63, 3.8) is 0 Å². The third kappa shape index (κ3) is 2.81. The van der Waals surface area contributed by atoms with Crippen molar-refractivity contribution in [2.45, 2.75) is 5.75 Å². The molecule has 0 aliphatic carbocycles. The second-order valence-corrected chi connectivity index (χ2v) is 5.87. The average molecular weight is 222 g/mol. The van der Waals surface area contributed by atoms with Crippen LogP contribution in [0.2, 0.25) is 0 Å². The fourth-order valence-corrected chi connectivity index (χ4v) is 2.99. The lowest BCUT2D eigenvalue weighted by atomic mass is 10.3. The van der Waals surface area contributed by atoms with E-state index in [1.165, 1.54) is 17.4 Å². The molecule has 0 bridgehead atoms. The third-order valence-electron chi connectivity index (χ3n) is 1.10. The molecule has 0 aliphatic heterocycles. The van der Waals surface area contributed by atoms with Crippen molar-refractivity contribution in [1.82, 2.24) is 0 Å². The average Bonchev–Trinajstić information content (AvgIpc) is 2.32. The molecule has 3 nitrogen and oxygen atoms in total. The van der Waals surface area contributed by atoms with E-state index >= 15 is 0 Å². The lowest BCUT2D eigenvalue weighted by Gasteiger charge is -1.88. The molecule has 64 valence electrons. The number of hydrogen-bond acceptors (Lipinski definition) is 4. The van der Waals surface area contributed by atoms with Crippen LogP contribution in [0.5, 0.6) is 0 Å². The first kappa shape index (κ1) is 9.52. The predicted octanol–water partition coefficient (Wildman–Crippen LogP) is 1.69. The monoisotopic (exact) mass is 221 g/mol. The Kier molecular flexibility index (Phi) is 2.73. The molecule has 0 aliphatic rings. The fourth-order valence-electron chi connectivity index (χ4n) is 0.685. The molecule has 1 heterocycles. The Labute approximate surface area is 78.6 Å². The van der Waals surface area contributed by atoms with Crippen LogP contribution in [0.4, 0.5) is 0 Å². The Bertz CT molecular complexity index is 415. The molecule has 0 saturated heterocycles. The van der Waals surface area contributed by atoms with Crippen molar-refractivity contribution in [2.24, 2.45) is 0 Å². The number of thiophene rings is 1. The van der Waals surface area contributed by atoms with Gasteiger partial charge in [0.25, 0.3) is 0 Å². The van der Waals surface area contributed by atoms with E-state index in [4.69, 9.17) is 15.9 Å². The summed E-state index contributed by atoms with van der Waals surface area (Å²) < 4.78 is 21.2. The fraction of sp³-hybridized carbons (Fsp3) is 0.167. The summed E-state index contributed by atoms with van der Waals surface area (Å²) >= 11 is 1.21. The van der Waals surface area contributed by atoms with E-state index in [1.807, 2.05) is 6.07 Å².